The quantitative estimate of drug-likeness (QED) is 0.504. The molecule has 0 saturated heterocycles. The number of nitrogens with zero attached hydrogens (tertiary/aromatic N) is 3. The highest BCUT2D eigenvalue weighted by atomic mass is 19.3. The molecule has 0 aliphatic rings. The van der Waals surface area contributed by atoms with Gasteiger partial charge in [-0.25, -0.2) is 8.78 Å². The summed E-state index contributed by atoms with van der Waals surface area (Å²) in [7, 11) is 1.35. The van der Waals surface area contributed by atoms with Crippen molar-refractivity contribution in [2.75, 3.05) is 0 Å². The van der Waals surface area contributed by atoms with Gasteiger partial charge in [0.05, 0.1) is 4.92 Å². The molecule has 0 saturated carbocycles. The predicted molar refractivity (Wildman–Crippen MR) is 34.8 cm³/mol. The number of aromatic nitrogens is 2. The first-order valence-corrected chi connectivity index (χ1v) is 2.98. The Morgan fingerprint density at radius 1 is 1.75 bits per heavy atom. The van der Waals surface area contributed by atoms with Crippen molar-refractivity contribution in [2.45, 2.75) is 6.43 Å². The lowest BCUT2D eigenvalue weighted by molar-refractivity contribution is -0.386. The highest BCUT2D eigenvalue weighted by Gasteiger charge is 2.25. The molecule has 0 amide bonds. The van der Waals surface area contributed by atoms with Crippen molar-refractivity contribution in [3.8, 4) is 0 Å². The third kappa shape index (κ3) is 1.39. The molecule has 1 rings (SSSR count). The van der Waals surface area contributed by atoms with Crippen LogP contribution >= 0.6 is 0 Å². The Kier molecular flexibility index (Phi) is 2.03. The van der Waals surface area contributed by atoms with Gasteiger partial charge in [-0.05, 0) is 0 Å². The number of halogens is 2. The monoisotopic (exact) mass is 177 g/mol. The molecule has 0 fully saturated rings. The van der Waals surface area contributed by atoms with E-state index in [-0.39, 0.29) is 0 Å². The van der Waals surface area contributed by atoms with Crippen LogP contribution in [0.2, 0.25) is 0 Å². The van der Waals surface area contributed by atoms with Crippen LogP contribution in [0.15, 0.2) is 6.20 Å². The third-order valence-electron chi connectivity index (χ3n) is 1.24. The second kappa shape index (κ2) is 2.84. The van der Waals surface area contributed by atoms with E-state index in [0.717, 1.165) is 10.9 Å². The van der Waals surface area contributed by atoms with E-state index in [1.165, 1.54) is 7.05 Å². The minimum atomic E-state index is -2.91. The first kappa shape index (κ1) is 8.57. The van der Waals surface area contributed by atoms with Crippen LogP contribution in [0.5, 0.6) is 0 Å². The first-order chi connectivity index (χ1) is 5.52. The number of aryl methyl sites for hydroxylation is 1. The highest BCUT2D eigenvalue weighted by Crippen LogP contribution is 2.26. The zero-order valence-electron chi connectivity index (χ0n) is 6.07. The SMILES string of the molecule is Cn1cc([N+](=O)[O-])c(C(F)F)n1. The Balaban J connectivity index is 3.17. The number of hydrogen-bond acceptors (Lipinski definition) is 3. The topological polar surface area (TPSA) is 61.0 Å². The lowest BCUT2D eigenvalue weighted by Gasteiger charge is -1.90. The van der Waals surface area contributed by atoms with E-state index in [4.69, 9.17) is 0 Å². The summed E-state index contributed by atoms with van der Waals surface area (Å²) < 4.78 is 25.0. The molecule has 0 bridgehead atoms. The summed E-state index contributed by atoms with van der Waals surface area (Å²) in [6, 6.07) is 0. The van der Waals surface area contributed by atoms with Crippen molar-refractivity contribution in [3.63, 3.8) is 0 Å². The Bertz CT molecular complexity index is 310. The number of hydrogen-bond donors (Lipinski definition) is 0. The van der Waals surface area contributed by atoms with Gasteiger partial charge in [-0.15, -0.1) is 0 Å². The molecular formula is C5H5F2N3O2. The molecule has 0 unspecified atom stereocenters. The smallest absolute Gasteiger partial charge is 0.268 e. The Morgan fingerprint density at radius 2 is 2.33 bits per heavy atom. The number of rotatable bonds is 2. The van der Waals surface area contributed by atoms with Gasteiger partial charge in [-0.1, -0.05) is 0 Å². The van der Waals surface area contributed by atoms with Gasteiger partial charge in [0.15, 0.2) is 0 Å². The molecule has 66 valence electrons. The molecule has 0 radical (unpaired) electrons. The van der Waals surface area contributed by atoms with Crippen LogP contribution in [-0.2, 0) is 7.05 Å². The molecular weight excluding hydrogens is 172 g/mol. The third-order valence-corrected chi connectivity index (χ3v) is 1.24. The molecule has 0 spiro atoms. The Morgan fingerprint density at radius 3 is 2.67 bits per heavy atom. The van der Waals surface area contributed by atoms with Gasteiger partial charge in [0.2, 0.25) is 5.69 Å². The minimum Gasteiger partial charge on any atom is -0.268 e. The molecule has 12 heavy (non-hydrogen) atoms. The second-order valence-corrected chi connectivity index (χ2v) is 2.13. The molecule has 7 heteroatoms. The van der Waals surface area contributed by atoms with E-state index >= 15 is 0 Å². The fourth-order valence-corrected chi connectivity index (χ4v) is 0.789. The fourth-order valence-electron chi connectivity index (χ4n) is 0.789. The van der Waals surface area contributed by atoms with E-state index in [1.807, 2.05) is 0 Å². The van der Waals surface area contributed by atoms with Crippen molar-refractivity contribution >= 4 is 5.69 Å². The summed E-state index contributed by atoms with van der Waals surface area (Å²) in [6.45, 7) is 0. The van der Waals surface area contributed by atoms with E-state index in [9.17, 15) is 18.9 Å². The number of alkyl halides is 2. The molecule has 0 aliphatic carbocycles. The van der Waals surface area contributed by atoms with Crippen molar-refractivity contribution in [3.05, 3.63) is 22.0 Å². The van der Waals surface area contributed by atoms with Crippen LogP contribution in [0.3, 0.4) is 0 Å². The molecule has 0 aromatic carbocycles. The van der Waals surface area contributed by atoms with Crippen molar-refractivity contribution in [2.24, 2.45) is 7.05 Å². The van der Waals surface area contributed by atoms with E-state index in [1.54, 1.807) is 0 Å². The van der Waals surface area contributed by atoms with E-state index < -0.39 is 22.7 Å². The summed E-state index contributed by atoms with van der Waals surface area (Å²) >= 11 is 0. The van der Waals surface area contributed by atoms with Crippen molar-refractivity contribution in [1.82, 2.24) is 9.78 Å². The minimum absolute atomic E-state index is 0.646. The Hall–Kier alpha value is -1.53. The first-order valence-electron chi connectivity index (χ1n) is 2.98. The average Bonchev–Trinajstić information content (AvgIpc) is 2.31. The van der Waals surface area contributed by atoms with Crippen molar-refractivity contribution in [1.29, 1.82) is 0 Å². The van der Waals surface area contributed by atoms with Crippen LogP contribution < -0.4 is 0 Å². The van der Waals surface area contributed by atoms with Gasteiger partial charge in [-0.3, -0.25) is 14.8 Å². The maximum atomic E-state index is 12.0. The molecule has 0 atom stereocenters. The summed E-state index contributed by atoms with van der Waals surface area (Å²) in [4.78, 5) is 9.28. The van der Waals surface area contributed by atoms with Gasteiger partial charge < -0.3 is 0 Å². The Labute approximate surface area is 65.8 Å². The standard InChI is InChI=1S/C5H5F2N3O2/c1-9-2-3(10(11)12)4(8-9)5(6)7/h2,5H,1H3. The fraction of sp³-hybridized carbons (Fsp3) is 0.400. The van der Waals surface area contributed by atoms with Crippen LogP contribution in [0, 0.1) is 10.1 Å². The van der Waals surface area contributed by atoms with Crippen LogP contribution in [0.25, 0.3) is 0 Å². The molecule has 5 nitrogen and oxygen atoms in total. The average molecular weight is 177 g/mol. The largest absolute Gasteiger partial charge is 0.316 e. The highest BCUT2D eigenvalue weighted by molar-refractivity contribution is 5.33. The normalized spacial score (nSPS) is 10.7. The molecule has 1 heterocycles. The maximum absolute atomic E-state index is 12.0. The lowest BCUT2D eigenvalue weighted by atomic mass is 10.4. The van der Waals surface area contributed by atoms with Crippen LogP contribution in [0.1, 0.15) is 12.1 Å². The summed E-state index contributed by atoms with van der Waals surface area (Å²) in [5.74, 6) is 0. The van der Waals surface area contributed by atoms with E-state index in [0.29, 0.717) is 0 Å². The summed E-state index contributed by atoms with van der Waals surface area (Å²) in [5.41, 5.74) is -1.44. The zero-order valence-corrected chi connectivity index (χ0v) is 6.07. The van der Waals surface area contributed by atoms with Gasteiger partial charge >= 0.3 is 5.69 Å². The maximum Gasteiger partial charge on any atom is 0.316 e. The molecule has 0 N–H and O–H groups in total. The van der Waals surface area contributed by atoms with Crippen LogP contribution in [-0.4, -0.2) is 14.7 Å². The molecule has 0 aliphatic heterocycles. The second-order valence-electron chi connectivity index (χ2n) is 2.13. The van der Waals surface area contributed by atoms with Crippen LogP contribution in [0.4, 0.5) is 14.5 Å². The zero-order chi connectivity index (χ0) is 9.30. The van der Waals surface area contributed by atoms with E-state index in [2.05, 4.69) is 5.10 Å². The van der Waals surface area contributed by atoms with Gasteiger partial charge in [-0.2, -0.15) is 5.10 Å². The van der Waals surface area contributed by atoms with Gasteiger partial charge in [0.25, 0.3) is 6.43 Å². The van der Waals surface area contributed by atoms with Crippen molar-refractivity contribution < 1.29 is 13.7 Å². The predicted octanol–water partition coefficient (Wildman–Crippen LogP) is 1.27. The molecule has 1 aromatic heterocycles. The lowest BCUT2D eigenvalue weighted by Crippen LogP contribution is -1.93. The van der Waals surface area contributed by atoms with Gasteiger partial charge in [0, 0.05) is 7.05 Å². The summed E-state index contributed by atoms with van der Waals surface area (Å²) in [6.07, 6.45) is -1.96. The molecule has 1 aromatic rings. The van der Waals surface area contributed by atoms with Gasteiger partial charge in [0.1, 0.15) is 6.20 Å². The number of nitro groups is 1. The summed E-state index contributed by atoms with van der Waals surface area (Å²) in [5, 5.41) is 13.4.